The van der Waals surface area contributed by atoms with E-state index in [0.717, 1.165) is 24.8 Å². The Morgan fingerprint density at radius 3 is 2.56 bits per heavy atom. The third kappa shape index (κ3) is 2.56. The van der Waals surface area contributed by atoms with Crippen molar-refractivity contribution in [2.45, 2.75) is 65.0 Å². The molecular weight excluding hydrogens is 224 g/mol. The van der Waals surface area contributed by atoms with Crippen LogP contribution in [-0.2, 0) is 4.79 Å². The van der Waals surface area contributed by atoms with Gasteiger partial charge in [-0.1, -0.05) is 33.6 Å². The van der Waals surface area contributed by atoms with Gasteiger partial charge >= 0.3 is 0 Å². The number of nitrogens with zero attached hydrogens (tertiary/aromatic N) is 1. The van der Waals surface area contributed by atoms with Gasteiger partial charge in [-0.15, -0.1) is 0 Å². The monoisotopic (exact) mass is 252 g/mol. The Balaban J connectivity index is 2.10. The summed E-state index contributed by atoms with van der Waals surface area (Å²) < 4.78 is 0. The molecule has 2 aliphatic rings. The van der Waals surface area contributed by atoms with Crippen molar-refractivity contribution in [3.8, 4) is 0 Å². The van der Waals surface area contributed by atoms with Crippen molar-refractivity contribution in [1.82, 2.24) is 4.90 Å². The summed E-state index contributed by atoms with van der Waals surface area (Å²) in [5.74, 6) is 1.91. The van der Waals surface area contributed by atoms with E-state index in [9.17, 15) is 4.79 Å². The van der Waals surface area contributed by atoms with E-state index in [1.165, 1.54) is 25.7 Å². The summed E-state index contributed by atoms with van der Waals surface area (Å²) in [6.45, 7) is 7.34. The second-order valence-corrected chi connectivity index (χ2v) is 6.58. The first kappa shape index (κ1) is 13.9. The molecule has 1 amide bonds. The number of fused-ring (bicyclic) bond motifs is 1. The molecule has 3 nitrogen and oxygen atoms in total. The number of piperidine rings is 1. The van der Waals surface area contributed by atoms with Gasteiger partial charge in [0.15, 0.2) is 0 Å². The van der Waals surface area contributed by atoms with Crippen molar-refractivity contribution in [3.05, 3.63) is 0 Å². The first-order chi connectivity index (χ1) is 8.52. The van der Waals surface area contributed by atoms with Gasteiger partial charge in [0.05, 0.1) is 6.04 Å². The molecule has 3 unspecified atom stereocenters. The lowest BCUT2D eigenvalue weighted by atomic mass is 9.72. The molecule has 1 heterocycles. The van der Waals surface area contributed by atoms with Crippen LogP contribution in [0.15, 0.2) is 0 Å². The van der Waals surface area contributed by atoms with Gasteiger partial charge in [0, 0.05) is 12.6 Å². The number of nitrogens with two attached hydrogens (primary N) is 1. The Hall–Kier alpha value is -0.570. The predicted molar refractivity (Wildman–Crippen MR) is 74.1 cm³/mol. The number of carbonyl (C=O) groups is 1. The molecule has 104 valence electrons. The summed E-state index contributed by atoms with van der Waals surface area (Å²) in [6, 6.07) is 0.154. The average molecular weight is 252 g/mol. The Kier molecular flexibility index (Phi) is 4.31. The SMILES string of the molecule is CC1CCN(C(=O)[C@H](N)C(C)C)C2CCCCC12. The molecule has 1 aliphatic carbocycles. The molecule has 4 atom stereocenters. The molecule has 2 N–H and O–H groups in total. The minimum atomic E-state index is -0.319. The summed E-state index contributed by atoms with van der Waals surface area (Å²) >= 11 is 0. The van der Waals surface area contributed by atoms with Gasteiger partial charge in [0.1, 0.15) is 0 Å². The third-order valence-electron chi connectivity index (χ3n) is 5.02. The minimum Gasteiger partial charge on any atom is -0.338 e. The zero-order valence-electron chi connectivity index (χ0n) is 12.1. The van der Waals surface area contributed by atoms with Gasteiger partial charge in [-0.25, -0.2) is 0 Å². The summed E-state index contributed by atoms with van der Waals surface area (Å²) in [5, 5.41) is 0. The first-order valence-corrected chi connectivity index (χ1v) is 7.58. The summed E-state index contributed by atoms with van der Waals surface area (Å²) in [4.78, 5) is 14.6. The molecule has 0 aromatic heterocycles. The van der Waals surface area contributed by atoms with Gasteiger partial charge in [0.25, 0.3) is 0 Å². The Labute approximate surface area is 111 Å². The van der Waals surface area contributed by atoms with Gasteiger partial charge in [-0.3, -0.25) is 4.79 Å². The van der Waals surface area contributed by atoms with Crippen molar-refractivity contribution >= 4 is 5.91 Å². The highest BCUT2D eigenvalue weighted by Gasteiger charge is 2.40. The fourth-order valence-corrected chi connectivity index (χ4v) is 3.66. The number of rotatable bonds is 2. The highest BCUT2D eigenvalue weighted by Crippen LogP contribution is 2.39. The van der Waals surface area contributed by atoms with Gasteiger partial charge in [-0.05, 0) is 37.0 Å². The molecular formula is C15H28N2O. The number of carbonyl (C=O) groups excluding carboxylic acids is 1. The number of amides is 1. The molecule has 3 heteroatoms. The Bertz CT molecular complexity index is 303. The third-order valence-corrected chi connectivity index (χ3v) is 5.02. The van der Waals surface area contributed by atoms with Crippen LogP contribution < -0.4 is 5.73 Å². The van der Waals surface area contributed by atoms with E-state index >= 15 is 0 Å². The molecule has 0 bridgehead atoms. The first-order valence-electron chi connectivity index (χ1n) is 7.58. The molecule has 2 fully saturated rings. The van der Waals surface area contributed by atoms with Gasteiger partial charge in [-0.2, -0.15) is 0 Å². The van der Waals surface area contributed by atoms with E-state index in [1.54, 1.807) is 0 Å². The average Bonchev–Trinajstić information content (AvgIpc) is 2.38. The van der Waals surface area contributed by atoms with Crippen LogP contribution in [0, 0.1) is 17.8 Å². The number of hydrogen-bond donors (Lipinski definition) is 1. The topological polar surface area (TPSA) is 46.3 Å². The van der Waals surface area contributed by atoms with Crippen molar-refractivity contribution in [2.24, 2.45) is 23.5 Å². The van der Waals surface area contributed by atoms with Crippen molar-refractivity contribution in [3.63, 3.8) is 0 Å². The zero-order chi connectivity index (χ0) is 13.3. The smallest absolute Gasteiger partial charge is 0.240 e. The minimum absolute atomic E-state index is 0.189. The van der Waals surface area contributed by atoms with Crippen LogP contribution in [0.1, 0.15) is 52.9 Å². The maximum absolute atomic E-state index is 12.5. The van der Waals surface area contributed by atoms with Crippen molar-refractivity contribution < 1.29 is 4.79 Å². The predicted octanol–water partition coefficient (Wildman–Crippen LogP) is 2.40. The van der Waals surface area contributed by atoms with Crippen LogP contribution >= 0.6 is 0 Å². The summed E-state index contributed by atoms with van der Waals surface area (Å²) in [5.41, 5.74) is 6.06. The molecule has 2 rings (SSSR count). The van der Waals surface area contributed by atoms with Crippen molar-refractivity contribution in [2.75, 3.05) is 6.54 Å². The summed E-state index contributed by atoms with van der Waals surface area (Å²) in [6.07, 6.45) is 6.24. The van der Waals surface area contributed by atoms with E-state index < -0.39 is 0 Å². The lowest BCUT2D eigenvalue weighted by Crippen LogP contribution is -2.57. The molecule has 0 aromatic rings. The Morgan fingerprint density at radius 2 is 1.89 bits per heavy atom. The van der Waals surface area contributed by atoms with Crippen LogP contribution in [-0.4, -0.2) is 29.4 Å². The van der Waals surface area contributed by atoms with Crippen LogP contribution in [0.25, 0.3) is 0 Å². The van der Waals surface area contributed by atoms with Crippen LogP contribution in [0.5, 0.6) is 0 Å². The normalized spacial score (nSPS) is 34.3. The van der Waals surface area contributed by atoms with E-state index in [-0.39, 0.29) is 17.9 Å². The second kappa shape index (κ2) is 5.60. The molecule has 0 radical (unpaired) electrons. The maximum atomic E-state index is 12.5. The largest absolute Gasteiger partial charge is 0.338 e. The van der Waals surface area contributed by atoms with Crippen LogP contribution in [0.4, 0.5) is 0 Å². The lowest BCUT2D eigenvalue weighted by molar-refractivity contribution is -0.141. The van der Waals surface area contributed by atoms with Crippen molar-refractivity contribution in [1.29, 1.82) is 0 Å². The molecule has 1 aliphatic heterocycles. The maximum Gasteiger partial charge on any atom is 0.240 e. The van der Waals surface area contributed by atoms with Gasteiger partial charge in [0.2, 0.25) is 5.91 Å². The fourth-order valence-electron chi connectivity index (χ4n) is 3.66. The number of likely N-dealkylation sites (tertiary alicyclic amines) is 1. The molecule has 0 aromatic carbocycles. The highest BCUT2D eigenvalue weighted by atomic mass is 16.2. The molecule has 0 spiro atoms. The standard InChI is InChI=1S/C15H28N2O/c1-10(2)14(16)15(18)17-9-8-11(3)12-6-4-5-7-13(12)17/h10-14H,4-9,16H2,1-3H3/t11?,12?,13?,14-/m1/s1. The quantitative estimate of drug-likeness (QED) is 0.820. The van der Waals surface area contributed by atoms with Crippen LogP contribution in [0.3, 0.4) is 0 Å². The molecule has 1 saturated heterocycles. The highest BCUT2D eigenvalue weighted by molar-refractivity contribution is 5.82. The number of hydrogen-bond acceptors (Lipinski definition) is 2. The zero-order valence-corrected chi connectivity index (χ0v) is 12.1. The van der Waals surface area contributed by atoms with E-state index in [1.807, 2.05) is 13.8 Å². The van der Waals surface area contributed by atoms with E-state index in [0.29, 0.717) is 6.04 Å². The molecule has 18 heavy (non-hydrogen) atoms. The van der Waals surface area contributed by atoms with E-state index in [2.05, 4.69) is 11.8 Å². The Morgan fingerprint density at radius 1 is 1.22 bits per heavy atom. The summed E-state index contributed by atoms with van der Waals surface area (Å²) in [7, 11) is 0. The lowest BCUT2D eigenvalue weighted by Gasteiger charge is -2.48. The second-order valence-electron chi connectivity index (χ2n) is 6.58. The molecule has 1 saturated carbocycles. The van der Waals surface area contributed by atoms with Crippen LogP contribution in [0.2, 0.25) is 0 Å². The fraction of sp³-hybridized carbons (Fsp3) is 0.933. The van der Waals surface area contributed by atoms with Gasteiger partial charge < -0.3 is 10.6 Å². The van der Waals surface area contributed by atoms with E-state index in [4.69, 9.17) is 5.73 Å².